The molecule has 0 spiro atoms. The van der Waals surface area contributed by atoms with Crippen LogP contribution in [-0.2, 0) is 0 Å². The van der Waals surface area contributed by atoms with Gasteiger partial charge in [-0.3, -0.25) is 0 Å². The van der Waals surface area contributed by atoms with Crippen LogP contribution in [0.2, 0.25) is 0 Å². The third kappa shape index (κ3) is 2.24. The summed E-state index contributed by atoms with van der Waals surface area (Å²) in [6, 6.07) is 15.9. The minimum absolute atomic E-state index is 0.611. The monoisotopic (exact) mass is 405 g/mol. The van der Waals surface area contributed by atoms with Crippen LogP contribution in [0.5, 0.6) is 0 Å². The van der Waals surface area contributed by atoms with Gasteiger partial charge in [-0.1, -0.05) is 57.5 Å². The molecule has 3 heterocycles. The number of rotatable bonds is 2. The summed E-state index contributed by atoms with van der Waals surface area (Å²) in [5, 5.41) is 19.5. The van der Waals surface area contributed by atoms with Gasteiger partial charge in [0.2, 0.25) is 0 Å². The quantitative estimate of drug-likeness (QED) is 0.426. The van der Waals surface area contributed by atoms with E-state index in [-0.39, 0.29) is 0 Å². The van der Waals surface area contributed by atoms with Crippen LogP contribution in [0.1, 0.15) is 5.76 Å². The molecule has 3 aromatic heterocycles. The smallest absolute Gasteiger partial charge is 0.191 e. The van der Waals surface area contributed by atoms with Crippen LogP contribution in [0.15, 0.2) is 63.7 Å². The Morgan fingerprint density at radius 1 is 1.04 bits per heavy atom. The number of aryl methyl sites for hydroxylation is 1. The average Bonchev–Trinajstić information content (AvgIpc) is 3.25. The number of halogens is 1. The van der Waals surface area contributed by atoms with Gasteiger partial charge in [-0.25, -0.2) is 0 Å². The lowest BCUT2D eigenvalue weighted by molar-refractivity contribution is 0.400. The number of fused-ring (bicyclic) bond motifs is 3. The molecule has 0 saturated carbocycles. The Labute approximate surface area is 156 Å². The molecule has 5 aromatic rings. The molecule has 0 fully saturated rings. The van der Waals surface area contributed by atoms with E-state index in [0.717, 1.165) is 32.1 Å². The van der Waals surface area contributed by atoms with Gasteiger partial charge in [-0.15, -0.1) is 10.2 Å². The molecule has 2 aromatic carbocycles. The van der Waals surface area contributed by atoms with Crippen molar-refractivity contribution >= 4 is 32.3 Å². The normalized spacial score (nSPS) is 11.5. The van der Waals surface area contributed by atoms with Crippen LogP contribution in [0, 0.1) is 6.92 Å². The van der Waals surface area contributed by atoms with Gasteiger partial charge in [-0.05, 0) is 19.1 Å². The minimum Gasteiger partial charge on any atom is -0.360 e. The van der Waals surface area contributed by atoms with Crippen molar-refractivity contribution in [2.45, 2.75) is 6.92 Å². The van der Waals surface area contributed by atoms with Crippen LogP contribution < -0.4 is 0 Å². The molecule has 26 heavy (non-hydrogen) atoms. The van der Waals surface area contributed by atoms with Crippen molar-refractivity contribution in [3.05, 3.63) is 65.0 Å². The zero-order valence-electron chi connectivity index (χ0n) is 13.7. The van der Waals surface area contributed by atoms with Crippen molar-refractivity contribution in [1.82, 2.24) is 25.0 Å². The summed E-state index contributed by atoms with van der Waals surface area (Å²) in [5.41, 5.74) is 3.18. The molecule has 0 amide bonds. The zero-order valence-corrected chi connectivity index (χ0v) is 15.3. The molecular weight excluding hydrogens is 394 g/mol. The SMILES string of the molecule is Cc1onc(-c2ccccc2)c1-c1nnc2c3cc(Br)ccc3cnn12. The van der Waals surface area contributed by atoms with Gasteiger partial charge in [0.05, 0.1) is 11.8 Å². The van der Waals surface area contributed by atoms with Crippen molar-refractivity contribution in [1.29, 1.82) is 0 Å². The molecule has 0 aliphatic carbocycles. The van der Waals surface area contributed by atoms with Crippen molar-refractivity contribution < 1.29 is 4.52 Å². The van der Waals surface area contributed by atoms with Crippen LogP contribution >= 0.6 is 15.9 Å². The Morgan fingerprint density at radius 3 is 2.73 bits per heavy atom. The van der Waals surface area contributed by atoms with Crippen molar-refractivity contribution in [2.75, 3.05) is 0 Å². The molecule has 0 aliphatic heterocycles. The van der Waals surface area contributed by atoms with Gasteiger partial charge >= 0.3 is 0 Å². The van der Waals surface area contributed by atoms with Crippen LogP contribution in [-0.4, -0.2) is 25.0 Å². The third-order valence-electron chi connectivity index (χ3n) is 4.34. The summed E-state index contributed by atoms with van der Waals surface area (Å²) in [5.74, 6) is 1.29. The van der Waals surface area contributed by atoms with Gasteiger partial charge in [-0.2, -0.15) is 9.61 Å². The van der Waals surface area contributed by atoms with E-state index in [4.69, 9.17) is 4.52 Å². The molecule has 0 bridgehead atoms. The summed E-state index contributed by atoms with van der Waals surface area (Å²) < 4.78 is 8.18. The molecule has 7 heteroatoms. The lowest BCUT2D eigenvalue weighted by atomic mass is 10.1. The van der Waals surface area contributed by atoms with Crippen molar-refractivity contribution in [2.24, 2.45) is 0 Å². The van der Waals surface area contributed by atoms with E-state index in [0.29, 0.717) is 17.2 Å². The number of benzene rings is 2. The van der Waals surface area contributed by atoms with Crippen LogP contribution in [0.3, 0.4) is 0 Å². The highest BCUT2D eigenvalue weighted by Gasteiger charge is 2.22. The highest BCUT2D eigenvalue weighted by Crippen LogP contribution is 2.34. The lowest BCUT2D eigenvalue weighted by Gasteiger charge is -2.03. The second-order valence-electron chi connectivity index (χ2n) is 5.96. The average molecular weight is 406 g/mol. The maximum Gasteiger partial charge on any atom is 0.191 e. The van der Waals surface area contributed by atoms with Crippen molar-refractivity contribution in [3.63, 3.8) is 0 Å². The predicted octanol–water partition coefficient (Wildman–Crippen LogP) is 4.67. The number of nitrogens with zero attached hydrogens (tertiary/aromatic N) is 5. The van der Waals surface area contributed by atoms with Gasteiger partial charge in [0.25, 0.3) is 0 Å². The molecule has 0 aliphatic rings. The topological polar surface area (TPSA) is 69.1 Å². The summed E-state index contributed by atoms with van der Waals surface area (Å²) in [7, 11) is 0. The summed E-state index contributed by atoms with van der Waals surface area (Å²) in [6.45, 7) is 1.87. The van der Waals surface area contributed by atoms with Gasteiger partial charge in [0.1, 0.15) is 11.5 Å². The minimum atomic E-state index is 0.611. The molecule has 126 valence electrons. The molecule has 0 atom stereocenters. The Bertz CT molecular complexity index is 1260. The Balaban J connectivity index is 1.80. The van der Waals surface area contributed by atoms with Crippen molar-refractivity contribution in [3.8, 4) is 22.6 Å². The van der Waals surface area contributed by atoms with E-state index in [2.05, 4.69) is 36.4 Å². The fraction of sp³-hybridized carbons (Fsp3) is 0.0526. The Kier molecular flexibility index (Phi) is 3.36. The lowest BCUT2D eigenvalue weighted by Crippen LogP contribution is -1.96. The maximum atomic E-state index is 5.46. The second-order valence-corrected chi connectivity index (χ2v) is 6.88. The first kappa shape index (κ1) is 15.2. The largest absolute Gasteiger partial charge is 0.360 e. The molecule has 0 radical (unpaired) electrons. The highest BCUT2D eigenvalue weighted by molar-refractivity contribution is 9.10. The van der Waals surface area contributed by atoms with E-state index in [1.54, 1.807) is 4.52 Å². The zero-order chi connectivity index (χ0) is 17.7. The highest BCUT2D eigenvalue weighted by atomic mass is 79.9. The first-order valence-corrected chi connectivity index (χ1v) is 8.83. The molecule has 0 saturated heterocycles. The van der Waals surface area contributed by atoms with E-state index in [1.165, 1.54) is 0 Å². The molecule has 0 N–H and O–H groups in total. The summed E-state index contributed by atoms with van der Waals surface area (Å²) >= 11 is 3.51. The summed E-state index contributed by atoms with van der Waals surface area (Å²) in [6.07, 6.45) is 1.81. The Morgan fingerprint density at radius 2 is 1.88 bits per heavy atom. The van der Waals surface area contributed by atoms with Crippen LogP contribution in [0.25, 0.3) is 39.1 Å². The Hall–Kier alpha value is -3.06. The molecular formula is C19H12BrN5O. The fourth-order valence-electron chi connectivity index (χ4n) is 3.10. The van der Waals surface area contributed by atoms with Gasteiger partial charge < -0.3 is 4.52 Å². The number of hydrogen-bond donors (Lipinski definition) is 0. The predicted molar refractivity (Wildman–Crippen MR) is 102 cm³/mol. The third-order valence-corrected chi connectivity index (χ3v) is 4.84. The first-order valence-electron chi connectivity index (χ1n) is 8.04. The maximum absolute atomic E-state index is 5.46. The van der Waals surface area contributed by atoms with E-state index < -0.39 is 0 Å². The molecule has 5 rings (SSSR count). The number of aromatic nitrogens is 5. The van der Waals surface area contributed by atoms with E-state index >= 15 is 0 Å². The van der Waals surface area contributed by atoms with Gasteiger partial charge in [0, 0.05) is 20.8 Å². The van der Waals surface area contributed by atoms with Crippen LogP contribution in [0.4, 0.5) is 0 Å². The number of hydrogen-bond acceptors (Lipinski definition) is 5. The first-order chi connectivity index (χ1) is 12.7. The van der Waals surface area contributed by atoms with E-state index in [9.17, 15) is 0 Å². The second kappa shape index (κ2) is 5.74. The van der Waals surface area contributed by atoms with Gasteiger partial charge in [0.15, 0.2) is 11.5 Å². The fourth-order valence-corrected chi connectivity index (χ4v) is 3.46. The molecule has 0 unspecified atom stereocenters. The summed E-state index contributed by atoms with van der Waals surface area (Å²) in [4.78, 5) is 0. The molecule has 6 nitrogen and oxygen atoms in total. The standard InChI is InChI=1S/C19H12BrN5O/c1-11-16(17(24-26-11)12-5-3-2-4-6-12)19-23-22-18-15-9-14(20)8-7-13(15)10-21-25(18)19/h2-10H,1H3. The van der Waals surface area contributed by atoms with E-state index in [1.807, 2.05) is 61.7 Å².